The van der Waals surface area contributed by atoms with Crippen molar-refractivity contribution in [3.05, 3.63) is 105 Å². The molecule has 0 saturated carbocycles. The van der Waals surface area contributed by atoms with Crippen LogP contribution in [0.2, 0.25) is 0 Å². The van der Waals surface area contributed by atoms with Gasteiger partial charge in [0.15, 0.2) is 0 Å². The van der Waals surface area contributed by atoms with Crippen molar-refractivity contribution in [2.45, 2.75) is 24.5 Å². The molecule has 9 nitrogen and oxygen atoms in total. The van der Waals surface area contributed by atoms with Crippen molar-refractivity contribution < 1.29 is 28.4 Å². The third kappa shape index (κ3) is 3.44. The molecular formula is C28H22FN3O6. The highest BCUT2D eigenvalue weighted by molar-refractivity contribution is 6.23. The van der Waals surface area contributed by atoms with Crippen molar-refractivity contribution in [2.24, 2.45) is 11.8 Å². The lowest BCUT2D eigenvalue weighted by Gasteiger charge is -2.43. The van der Waals surface area contributed by atoms with E-state index in [1.165, 1.54) is 43.5 Å². The van der Waals surface area contributed by atoms with Gasteiger partial charge in [-0.05, 0) is 47.4 Å². The number of amides is 2. The van der Waals surface area contributed by atoms with Crippen LogP contribution in [0.1, 0.15) is 28.8 Å². The third-order valence-electron chi connectivity index (χ3n) is 7.87. The Labute approximate surface area is 216 Å². The molecule has 10 heteroatoms. The first-order valence-electron chi connectivity index (χ1n) is 12.1. The second kappa shape index (κ2) is 8.84. The van der Waals surface area contributed by atoms with E-state index in [-0.39, 0.29) is 17.4 Å². The molecule has 0 spiro atoms. The molecule has 0 radical (unpaired) electrons. The predicted octanol–water partition coefficient (Wildman–Crippen LogP) is 3.74. The topological polar surface area (TPSA) is 110 Å². The van der Waals surface area contributed by atoms with Gasteiger partial charge in [-0.3, -0.25) is 29.4 Å². The number of carbonyl (C=O) groups is 3. The number of benzene rings is 3. The average molecular weight is 515 g/mol. The average Bonchev–Trinajstić information content (AvgIpc) is 3.41. The number of imide groups is 1. The largest absolute Gasteiger partial charge is 0.468 e. The summed E-state index contributed by atoms with van der Waals surface area (Å²) in [4.78, 5) is 54.5. The first kappa shape index (κ1) is 23.9. The van der Waals surface area contributed by atoms with Gasteiger partial charge in [-0.25, -0.2) is 9.29 Å². The van der Waals surface area contributed by atoms with E-state index < -0.39 is 52.4 Å². The summed E-state index contributed by atoms with van der Waals surface area (Å²) >= 11 is 0. The smallest absolute Gasteiger partial charge is 0.323 e. The Kier molecular flexibility index (Phi) is 5.57. The summed E-state index contributed by atoms with van der Waals surface area (Å²) in [5.41, 5.74) is 2.28. The van der Waals surface area contributed by atoms with E-state index >= 15 is 0 Å². The molecule has 6 rings (SSSR count). The van der Waals surface area contributed by atoms with E-state index in [2.05, 4.69) is 0 Å². The van der Waals surface area contributed by atoms with Crippen molar-refractivity contribution in [3.8, 4) is 0 Å². The van der Waals surface area contributed by atoms with Crippen molar-refractivity contribution in [3.63, 3.8) is 0 Å². The summed E-state index contributed by atoms with van der Waals surface area (Å²) in [6.45, 7) is 0. The Morgan fingerprint density at radius 2 is 1.68 bits per heavy atom. The molecule has 0 aliphatic carbocycles. The summed E-state index contributed by atoms with van der Waals surface area (Å²) in [5.74, 6) is -4.33. The van der Waals surface area contributed by atoms with Gasteiger partial charge in [0.2, 0.25) is 11.8 Å². The number of rotatable bonds is 4. The number of hydrogen-bond acceptors (Lipinski definition) is 7. The molecule has 38 heavy (non-hydrogen) atoms. The lowest BCUT2D eigenvalue weighted by Crippen LogP contribution is -2.49. The summed E-state index contributed by atoms with van der Waals surface area (Å²) in [6.07, 6.45) is 0.456. The Bertz CT molecular complexity index is 1480. The Morgan fingerprint density at radius 3 is 2.34 bits per heavy atom. The molecule has 3 aromatic carbocycles. The van der Waals surface area contributed by atoms with E-state index in [4.69, 9.17) is 4.74 Å². The minimum absolute atomic E-state index is 0.171. The van der Waals surface area contributed by atoms with Crippen molar-refractivity contribution in [1.82, 2.24) is 4.90 Å². The lowest BCUT2D eigenvalue weighted by molar-refractivity contribution is -0.384. The standard InChI is InChI=1S/C28H22FN3O6/c1-38-28(35)25-23-22(26(33)30(27(23)34)18-9-11-19(12-10-18)32(36)37)24-20-14-17(29)8-7-16(20)13-21(31(24)25)15-5-3-2-4-6-15/h2-12,14,21-25H,13H2,1H3/t21-,22+,23-,24+,25-/m1/s1. The fourth-order valence-electron chi connectivity index (χ4n) is 6.34. The number of carbonyl (C=O) groups excluding carboxylic acids is 3. The minimum Gasteiger partial charge on any atom is -0.468 e. The summed E-state index contributed by atoms with van der Waals surface area (Å²) in [6, 6.07) is 16.8. The number of hydrogen-bond donors (Lipinski definition) is 0. The van der Waals surface area contributed by atoms with Gasteiger partial charge in [-0.2, -0.15) is 0 Å². The van der Waals surface area contributed by atoms with Gasteiger partial charge >= 0.3 is 5.97 Å². The number of esters is 1. The van der Waals surface area contributed by atoms with Crippen LogP contribution >= 0.6 is 0 Å². The molecule has 3 aliphatic rings. The molecule has 0 aromatic heterocycles. The third-order valence-corrected chi connectivity index (χ3v) is 7.87. The van der Waals surface area contributed by atoms with E-state index in [1.54, 1.807) is 6.07 Å². The number of methoxy groups -OCH3 is 1. The van der Waals surface area contributed by atoms with Crippen LogP contribution in [0.3, 0.4) is 0 Å². The first-order chi connectivity index (χ1) is 18.3. The number of non-ortho nitro benzene ring substituents is 1. The number of nitro benzene ring substituents is 1. The van der Waals surface area contributed by atoms with Gasteiger partial charge in [0.05, 0.1) is 29.6 Å². The Hall–Kier alpha value is -4.44. The molecule has 192 valence electrons. The van der Waals surface area contributed by atoms with Gasteiger partial charge in [0.1, 0.15) is 11.9 Å². The molecule has 2 amide bonds. The molecule has 0 N–H and O–H groups in total. The van der Waals surface area contributed by atoms with Crippen LogP contribution in [0.15, 0.2) is 72.8 Å². The zero-order valence-electron chi connectivity index (χ0n) is 20.2. The van der Waals surface area contributed by atoms with Crippen LogP contribution in [0.5, 0.6) is 0 Å². The van der Waals surface area contributed by atoms with Crippen LogP contribution < -0.4 is 4.90 Å². The molecular weight excluding hydrogens is 493 g/mol. The van der Waals surface area contributed by atoms with E-state index in [9.17, 15) is 28.9 Å². The number of nitrogens with zero attached hydrogens (tertiary/aromatic N) is 3. The van der Waals surface area contributed by atoms with Crippen molar-refractivity contribution in [2.75, 3.05) is 12.0 Å². The van der Waals surface area contributed by atoms with Gasteiger partial charge in [0, 0.05) is 24.2 Å². The van der Waals surface area contributed by atoms with Gasteiger partial charge < -0.3 is 4.74 Å². The van der Waals surface area contributed by atoms with Crippen LogP contribution in [0.4, 0.5) is 15.8 Å². The number of anilines is 1. The highest BCUT2D eigenvalue weighted by atomic mass is 19.1. The van der Waals surface area contributed by atoms with Crippen LogP contribution in [-0.2, 0) is 25.5 Å². The molecule has 5 atom stereocenters. The van der Waals surface area contributed by atoms with E-state index in [0.29, 0.717) is 12.0 Å². The highest BCUT2D eigenvalue weighted by Crippen LogP contribution is 2.57. The maximum atomic E-state index is 14.5. The second-order valence-electron chi connectivity index (χ2n) is 9.67. The predicted molar refractivity (Wildman–Crippen MR) is 132 cm³/mol. The molecule has 0 bridgehead atoms. The van der Waals surface area contributed by atoms with Gasteiger partial charge in [-0.1, -0.05) is 36.4 Å². The summed E-state index contributed by atoms with van der Waals surface area (Å²) in [5, 5.41) is 11.1. The molecule has 3 aliphatic heterocycles. The number of halogens is 1. The fourth-order valence-corrected chi connectivity index (χ4v) is 6.34. The maximum Gasteiger partial charge on any atom is 0.323 e. The molecule has 3 aromatic rings. The van der Waals surface area contributed by atoms with E-state index in [1.807, 2.05) is 35.2 Å². The number of ether oxygens (including phenoxy) is 1. The number of fused-ring (bicyclic) bond motifs is 5. The minimum atomic E-state index is -1.09. The second-order valence-corrected chi connectivity index (χ2v) is 9.67. The maximum absolute atomic E-state index is 14.5. The molecule has 0 unspecified atom stereocenters. The van der Waals surface area contributed by atoms with E-state index in [0.717, 1.165) is 16.0 Å². The summed E-state index contributed by atoms with van der Waals surface area (Å²) in [7, 11) is 1.23. The lowest BCUT2D eigenvalue weighted by atomic mass is 9.81. The Balaban J connectivity index is 1.52. The molecule has 3 heterocycles. The quantitative estimate of drug-likeness (QED) is 0.225. The van der Waals surface area contributed by atoms with Crippen LogP contribution in [0.25, 0.3) is 0 Å². The fraction of sp³-hybridized carbons (Fsp3) is 0.250. The van der Waals surface area contributed by atoms with Crippen molar-refractivity contribution >= 4 is 29.2 Å². The van der Waals surface area contributed by atoms with Gasteiger partial charge in [-0.15, -0.1) is 0 Å². The monoisotopic (exact) mass is 515 g/mol. The normalized spacial score (nSPS) is 26.1. The van der Waals surface area contributed by atoms with Gasteiger partial charge in [0.25, 0.3) is 5.69 Å². The summed E-state index contributed by atoms with van der Waals surface area (Å²) < 4.78 is 19.7. The first-order valence-corrected chi connectivity index (χ1v) is 12.1. The molecule has 2 saturated heterocycles. The zero-order chi connectivity index (χ0) is 26.7. The molecule has 2 fully saturated rings. The number of nitro groups is 1. The van der Waals surface area contributed by atoms with Crippen LogP contribution in [0, 0.1) is 27.8 Å². The van der Waals surface area contributed by atoms with Crippen LogP contribution in [-0.4, -0.2) is 40.8 Å². The Morgan fingerprint density at radius 1 is 1.00 bits per heavy atom. The SMILES string of the molecule is COC(=O)[C@H]1[C@@H]2C(=O)N(c3ccc([N+](=O)[O-])cc3)C(=O)[C@@H]2[C@@H]2c3cc(F)ccc3C[C@H](c3ccccc3)N12. The zero-order valence-corrected chi connectivity index (χ0v) is 20.2. The van der Waals surface area contributed by atoms with Crippen molar-refractivity contribution in [1.29, 1.82) is 0 Å². The highest BCUT2D eigenvalue weighted by Gasteiger charge is 2.67.